The summed E-state index contributed by atoms with van der Waals surface area (Å²) in [6.45, 7) is 7.66. The Kier molecular flexibility index (Phi) is 8.96. The van der Waals surface area contributed by atoms with E-state index >= 15 is 4.39 Å². The highest BCUT2D eigenvalue weighted by Gasteiger charge is 2.47. The molecule has 1 heterocycles. The third-order valence-electron chi connectivity index (χ3n) is 6.40. The van der Waals surface area contributed by atoms with Gasteiger partial charge in [0.05, 0.1) is 10.6 Å². The zero-order chi connectivity index (χ0) is 26.6. The van der Waals surface area contributed by atoms with Crippen LogP contribution in [0.3, 0.4) is 0 Å². The molecule has 0 aromatic heterocycles. The lowest BCUT2D eigenvalue weighted by Crippen LogP contribution is -2.42. The van der Waals surface area contributed by atoms with E-state index in [1.165, 1.54) is 24.4 Å². The smallest absolute Gasteiger partial charge is 0.188 e. The standard InChI is InChI=1S/C27H35ClFN3O3S/c1-26(2,3)19-32(18-20(16-30)17-31-4)25-10-5-21(15-24(25)29)27(11-13-35-14-12-27)36(33,34)23-8-6-22(28)7-9-23/h5-10,15-17,20,30H,11-14,18-19H2,1-4H3. The average molecular weight is 536 g/mol. The minimum atomic E-state index is -3.87. The van der Waals surface area contributed by atoms with Crippen molar-refractivity contribution < 1.29 is 17.5 Å². The Morgan fingerprint density at radius 3 is 2.36 bits per heavy atom. The van der Waals surface area contributed by atoms with Crippen LogP contribution in [0.2, 0.25) is 5.02 Å². The highest BCUT2D eigenvalue weighted by Crippen LogP contribution is 2.44. The summed E-state index contributed by atoms with van der Waals surface area (Å²) in [6, 6.07) is 10.8. The largest absolute Gasteiger partial charge is 0.381 e. The van der Waals surface area contributed by atoms with Crippen molar-refractivity contribution in [3.05, 3.63) is 58.9 Å². The van der Waals surface area contributed by atoms with Crippen molar-refractivity contribution in [2.45, 2.75) is 43.3 Å². The van der Waals surface area contributed by atoms with Gasteiger partial charge < -0.3 is 20.0 Å². The van der Waals surface area contributed by atoms with Gasteiger partial charge >= 0.3 is 0 Å². The lowest BCUT2D eigenvalue weighted by molar-refractivity contribution is 0.0739. The van der Waals surface area contributed by atoms with Gasteiger partial charge in [0.1, 0.15) is 10.6 Å². The Hall–Kier alpha value is -2.29. The van der Waals surface area contributed by atoms with Gasteiger partial charge in [0.2, 0.25) is 0 Å². The van der Waals surface area contributed by atoms with E-state index in [1.807, 2.05) is 4.90 Å². The first kappa shape index (κ1) is 28.3. The molecule has 36 heavy (non-hydrogen) atoms. The Bertz CT molecular complexity index is 1190. The summed E-state index contributed by atoms with van der Waals surface area (Å²) >= 11 is 5.99. The minimum absolute atomic E-state index is 0.138. The van der Waals surface area contributed by atoms with Crippen LogP contribution in [0.25, 0.3) is 0 Å². The molecule has 1 atom stereocenters. The van der Waals surface area contributed by atoms with Crippen molar-refractivity contribution in [1.29, 1.82) is 5.41 Å². The predicted octanol–water partition coefficient (Wildman–Crippen LogP) is 5.78. The highest BCUT2D eigenvalue weighted by molar-refractivity contribution is 7.92. The van der Waals surface area contributed by atoms with E-state index in [2.05, 4.69) is 25.8 Å². The summed E-state index contributed by atoms with van der Waals surface area (Å²) < 4.78 is 47.9. The molecule has 1 aliphatic heterocycles. The van der Waals surface area contributed by atoms with Gasteiger partial charge in [-0.15, -0.1) is 0 Å². The van der Waals surface area contributed by atoms with Gasteiger partial charge in [-0.1, -0.05) is 38.4 Å². The number of nitrogens with zero attached hydrogens (tertiary/aromatic N) is 2. The lowest BCUT2D eigenvalue weighted by Gasteiger charge is -2.38. The molecular weight excluding hydrogens is 501 g/mol. The van der Waals surface area contributed by atoms with Crippen molar-refractivity contribution in [3.63, 3.8) is 0 Å². The third kappa shape index (κ3) is 6.15. The average Bonchev–Trinajstić information content (AvgIpc) is 2.83. The molecule has 196 valence electrons. The highest BCUT2D eigenvalue weighted by atomic mass is 35.5. The van der Waals surface area contributed by atoms with E-state index in [0.29, 0.717) is 29.4 Å². The van der Waals surface area contributed by atoms with E-state index in [1.54, 1.807) is 37.5 Å². The minimum Gasteiger partial charge on any atom is -0.381 e. The summed E-state index contributed by atoms with van der Waals surface area (Å²) in [5.41, 5.74) is 0.647. The molecular formula is C27H35ClFN3O3S. The van der Waals surface area contributed by atoms with Crippen molar-refractivity contribution in [2.75, 3.05) is 38.3 Å². The summed E-state index contributed by atoms with van der Waals surface area (Å²) in [6.07, 6.45) is 3.42. The molecule has 0 saturated carbocycles. The first-order chi connectivity index (χ1) is 16.9. The maximum Gasteiger partial charge on any atom is 0.188 e. The van der Waals surface area contributed by atoms with Crippen LogP contribution in [0.1, 0.15) is 39.2 Å². The molecule has 0 aliphatic carbocycles. The van der Waals surface area contributed by atoms with E-state index < -0.39 is 20.4 Å². The summed E-state index contributed by atoms with van der Waals surface area (Å²) in [7, 11) is -2.22. The van der Waals surface area contributed by atoms with Crippen LogP contribution in [0.5, 0.6) is 0 Å². The molecule has 0 bridgehead atoms. The second-order valence-corrected chi connectivity index (χ2v) is 13.1. The quantitative estimate of drug-likeness (QED) is 0.413. The summed E-state index contributed by atoms with van der Waals surface area (Å²) in [4.78, 5) is 6.09. The van der Waals surface area contributed by atoms with Gasteiger partial charge in [-0.3, -0.25) is 0 Å². The van der Waals surface area contributed by atoms with Crippen LogP contribution in [0.4, 0.5) is 10.1 Å². The van der Waals surface area contributed by atoms with Gasteiger partial charge in [-0.05, 0) is 60.2 Å². The maximum absolute atomic E-state index is 15.8. The van der Waals surface area contributed by atoms with E-state index in [-0.39, 0.29) is 42.3 Å². The van der Waals surface area contributed by atoms with E-state index in [9.17, 15) is 8.42 Å². The zero-order valence-electron chi connectivity index (χ0n) is 21.3. The van der Waals surface area contributed by atoms with Crippen molar-refractivity contribution in [3.8, 4) is 0 Å². The number of hydrogen-bond donors (Lipinski definition) is 1. The monoisotopic (exact) mass is 535 g/mol. The fourth-order valence-electron chi connectivity index (χ4n) is 4.71. The molecule has 1 aliphatic rings. The van der Waals surface area contributed by atoms with Gasteiger partial charge in [0.15, 0.2) is 9.84 Å². The molecule has 0 amide bonds. The first-order valence-electron chi connectivity index (χ1n) is 12.0. The number of nitrogens with one attached hydrogen (secondary N) is 1. The first-order valence-corrected chi connectivity index (χ1v) is 13.9. The van der Waals surface area contributed by atoms with Gasteiger partial charge in [-0.2, -0.15) is 0 Å². The lowest BCUT2D eigenvalue weighted by atomic mass is 9.89. The van der Waals surface area contributed by atoms with Crippen molar-refractivity contribution in [1.82, 2.24) is 0 Å². The second kappa shape index (κ2) is 11.4. The van der Waals surface area contributed by atoms with Gasteiger partial charge in [0, 0.05) is 56.7 Å². The van der Waals surface area contributed by atoms with Crippen LogP contribution in [0, 0.1) is 22.6 Å². The molecule has 3 rings (SSSR count). The molecule has 1 saturated heterocycles. The Morgan fingerprint density at radius 1 is 1.19 bits per heavy atom. The number of anilines is 1. The molecule has 6 nitrogen and oxygen atoms in total. The number of rotatable bonds is 9. The second-order valence-electron chi connectivity index (χ2n) is 10.4. The van der Waals surface area contributed by atoms with Gasteiger partial charge in [0.25, 0.3) is 0 Å². The molecule has 0 spiro atoms. The van der Waals surface area contributed by atoms with Crippen LogP contribution in [-0.4, -0.2) is 54.2 Å². The fraction of sp³-hybridized carbons (Fsp3) is 0.481. The molecule has 0 radical (unpaired) electrons. The predicted molar refractivity (Wildman–Crippen MR) is 145 cm³/mol. The van der Waals surface area contributed by atoms with Crippen LogP contribution in [0.15, 0.2) is 52.4 Å². The van der Waals surface area contributed by atoms with Crippen molar-refractivity contribution in [2.24, 2.45) is 16.3 Å². The Morgan fingerprint density at radius 2 is 1.83 bits per heavy atom. The topological polar surface area (TPSA) is 82.8 Å². The molecule has 2 aromatic rings. The zero-order valence-corrected chi connectivity index (χ0v) is 22.9. The fourth-order valence-corrected chi connectivity index (χ4v) is 6.92. The normalized spacial score (nSPS) is 17.2. The summed E-state index contributed by atoms with van der Waals surface area (Å²) in [5.74, 6) is -0.769. The molecule has 2 aromatic carbocycles. The van der Waals surface area contributed by atoms with Crippen LogP contribution < -0.4 is 4.90 Å². The SMILES string of the molecule is CN=CC(C=N)CN(CC(C)(C)C)c1ccc(C2(S(=O)(=O)c3ccc(Cl)cc3)CCOCC2)cc1F. The van der Waals surface area contributed by atoms with E-state index in [0.717, 1.165) is 0 Å². The van der Waals surface area contributed by atoms with Crippen molar-refractivity contribution >= 4 is 39.6 Å². The van der Waals surface area contributed by atoms with Gasteiger partial charge in [-0.25, -0.2) is 12.8 Å². The van der Waals surface area contributed by atoms with E-state index in [4.69, 9.17) is 21.7 Å². The number of aliphatic imine (C=N–C) groups is 1. The summed E-state index contributed by atoms with van der Waals surface area (Å²) in [5, 5.41) is 8.18. The Balaban J connectivity index is 2.08. The number of hydrogen-bond acceptors (Lipinski definition) is 6. The molecule has 1 N–H and O–H groups in total. The maximum atomic E-state index is 15.8. The molecule has 1 unspecified atom stereocenters. The third-order valence-corrected chi connectivity index (χ3v) is 9.22. The number of benzene rings is 2. The Labute approximate surface area is 219 Å². The molecule has 9 heteroatoms. The van der Waals surface area contributed by atoms with Crippen LogP contribution in [-0.2, 0) is 19.3 Å². The number of ether oxygens (including phenoxy) is 1. The number of halogens is 2. The molecule has 1 fully saturated rings. The van der Waals surface area contributed by atoms with Crippen LogP contribution >= 0.6 is 11.6 Å². The number of sulfone groups is 1.